The molecule has 0 unspecified atom stereocenters. The highest BCUT2D eigenvalue weighted by Gasteiger charge is 2.18. The van der Waals surface area contributed by atoms with Gasteiger partial charge in [-0.25, -0.2) is 0 Å². The Morgan fingerprint density at radius 2 is 1.37 bits per heavy atom. The predicted octanol–water partition coefficient (Wildman–Crippen LogP) is 6.20. The van der Waals surface area contributed by atoms with Crippen LogP contribution in [0.2, 0.25) is 0 Å². The zero-order valence-corrected chi connectivity index (χ0v) is 15.3. The zero-order chi connectivity index (χ0) is 19.2. The van der Waals surface area contributed by atoms with Gasteiger partial charge in [-0.15, -0.1) is 5.11 Å². The van der Waals surface area contributed by atoms with E-state index in [1.807, 2.05) is 44.2 Å². The number of ketones is 1. The lowest BCUT2D eigenvalue weighted by atomic mass is 10.1. The molecule has 27 heavy (non-hydrogen) atoms. The number of benzene rings is 3. The number of allylic oxidation sites excluding steroid dienone is 1. The Morgan fingerprint density at radius 3 is 1.96 bits per heavy atom. The largest absolute Gasteiger partial charge is 0.505 e. The Labute approximate surface area is 158 Å². The summed E-state index contributed by atoms with van der Waals surface area (Å²) in [5.74, 6) is -0.582. The molecule has 0 bridgehead atoms. The number of carbonyl (C=O) groups is 1. The summed E-state index contributed by atoms with van der Waals surface area (Å²) in [7, 11) is 0. The Kier molecular flexibility index (Phi) is 5.57. The fourth-order valence-electron chi connectivity index (χ4n) is 2.55. The van der Waals surface area contributed by atoms with Gasteiger partial charge in [-0.1, -0.05) is 66.7 Å². The minimum Gasteiger partial charge on any atom is -0.505 e. The number of aliphatic hydroxyl groups is 1. The summed E-state index contributed by atoms with van der Waals surface area (Å²) in [6.45, 7) is 4.00. The first-order valence-electron chi connectivity index (χ1n) is 8.63. The van der Waals surface area contributed by atoms with Crippen molar-refractivity contribution >= 4 is 17.2 Å². The van der Waals surface area contributed by atoms with E-state index in [1.165, 1.54) is 0 Å². The van der Waals surface area contributed by atoms with Gasteiger partial charge in [0.25, 0.3) is 0 Å². The maximum absolute atomic E-state index is 12.9. The third-order valence-electron chi connectivity index (χ3n) is 4.28. The summed E-state index contributed by atoms with van der Waals surface area (Å²) in [6.07, 6.45) is 0. The molecule has 0 aliphatic rings. The average Bonchev–Trinajstić information content (AvgIpc) is 2.71. The third kappa shape index (κ3) is 4.36. The van der Waals surface area contributed by atoms with Gasteiger partial charge in [-0.05, 0) is 37.1 Å². The summed E-state index contributed by atoms with van der Waals surface area (Å²) in [6, 6.07) is 23.3. The molecule has 0 saturated heterocycles. The van der Waals surface area contributed by atoms with E-state index in [0.29, 0.717) is 16.8 Å². The fourth-order valence-corrected chi connectivity index (χ4v) is 2.55. The number of carbonyl (C=O) groups excluding carboxylic acids is 1. The normalized spacial score (nSPS) is 12.1. The first kappa shape index (κ1) is 18.3. The van der Waals surface area contributed by atoms with Gasteiger partial charge >= 0.3 is 0 Å². The molecule has 1 N–H and O–H groups in total. The fraction of sp³-hybridized carbons (Fsp3) is 0.0870. The summed E-state index contributed by atoms with van der Waals surface area (Å²) in [4.78, 5) is 12.9. The van der Waals surface area contributed by atoms with Gasteiger partial charge in [0.1, 0.15) is 0 Å². The molecular weight excluding hydrogens is 336 g/mol. The van der Waals surface area contributed by atoms with Crippen LogP contribution in [0, 0.1) is 13.8 Å². The van der Waals surface area contributed by atoms with Crippen LogP contribution < -0.4 is 0 Å². The van der Waals surface area contributed by atoms with Crippen molar-refractivity contribution in [2.45, 2.75) is 13.8 Å². The van der Waals surface area contributed by atoms with Crippen LogP contribution >= 0.6 is 0 Å². The van der Waals surface area contributed by atoms with Crippen LogP contribution in [0.5, 0.6) is 0 Å². The van der Waals surface area contributed by atoms with Gasteiger partial charge in [0.2, 0.25) is 5.78 Å². The third-order valence-corrected chi connectivity index (χ3v) is 4.28. The van der Waals surface area contributed by atoms with Crippen LogP contribution in [0.25, 0.3) is 5.76 Å². The Morgan fingerprint density at radius 1 is 0.778 bits per heavy atom. The number of azo groups is 1. The van der Waals surface area contributed by atoms with E-state index in [0.717, 1.165) is 11.1 Å². The van der Waals surface area contributed by atoms with E-state index >= 15 is 0 Å². The highest BCUT2D eigenvalue weighted by molar-refractivity contribution is 6.12. The van der Waals surface area contributed by atoms with Crippen molar-refractivity contribution in [1.29, 1.82) is 0 Å². The van der Waals surface area contributed by atoms with E-state index in [1.54, 1.807) is 48.5 Å². The number of rotatable bonds is 5. The van der Waals surface area contributed by atoms with Gasteiger partial charge in [0, 0.05) is 11.1 Å². The number of nitrogens with zero attached hydrogens (tertiary/aromatic N) is 2. The van der Waals surface area contributed by atoms with Gasteiger partial charge < -0.3 is 5.11 Å². The van der Waals surface area contributed by atoms with Crippen molar-refractivity contribution in [1.82, 2.24) is 0 Å². The number of Topliss-reactive ketones (excluding diaryl/α,β-unsaturated/α-hetero) is 1. The number of aliphatic hydroxyl groups excluding tert-OH is 1. The molecule has 3 rings (SSSR count). The lowest BCUT2D eigenvalue weighted by molar-refractivity contribution is 0.103. The van der Waals surface area contributed by atoms with E-state index in [4.69, 9.17) is 0 Å². The van der Waals surface area contributed by atoms with E-state index < -0.39 is 0 Å². The first-order chi connectivity index (χ1) is 13.1. The van der Waals surface area contributed by atoms with Gasteiger partial charge in [-0.2, -0.15) is 5.11 Å². The predicted molar refractivity (Wildman–Crippen MR) is 107 cm³/mol. The topological polar surface area (TPSA) is 62.0 Å². The molecule has 0 heterocycles. The molecule has 3 aromatic rings. The number of aryl methyl sites for hydroxylation is 2. The quantitative estimate of drug-likeness (QED) is 0.256. The van der Waals surface area contributed by atoms with Crippen molar-refractivity contribution in [2.24, 2.45) is 10.2 Å². The van der Waals surface area contributed by atoms with Crippen LogP contribution in [0.3, 0.4) is 0 Å². The maximum atomic E-state index is 12.9. The molecular formula is C23H20N2O2. The van der Waals surface area contributed by atoms with Crippen molar-refractivity contribution in [3.8, 4) is 0 Å². The van der Waals surface area contributed by atoms with Crippen molar-refractivity contribution < 1.29 is 9.90 Å². The van der Waals surface area contributed by atoms with E-state index in [-0.39, 0.29) is 17.2 Å². The number of hydrogen-bond donors (Lipinski definition) is 1. The molecule has 0 radical (unpaired) electrons. The molecule has 0 aliphatic heterocycles. The van der Waals surface area contributed by atoms with Crippen LogP contribution in [-0.2, 0) is 0 Å². The van der Waals surface area contributed by atoms with Gasteiger partial charge in [0.05, 0.1) is 5.69 Å². The minimum atomic E-state index is -0.385. The summed E-state index contributed by atoms with van der Waals surface area (Å²) in [5, 5.41) is 19.0. The molecule has 0 fully saturated rings. The Bertz CT molecular complexity index is 1010. The van der Waals surface area contributed by atoms with Gasteiger partial charge in [-0.3, -0.25) is 4.79 Å². The van der Waals surface area contributed by atoms with Crippen LogP contribution in [0.15, 0.2) is 94.8 Å². The lowest BCUT2D eigenvalue weighted by Gasteiger charge is -2.06. The van der Waals surface area contributed by atoms with Crippen LogP contribution in [0.4, 0.5) is 5.69 Å². The lowest BCUT2D eigenvalue weighted by Crippen LogP contribution is -2.04. The minimum absolute atomic E-state index is 0.0920. The summed E-state index contributed by atoms with van der Waals surface area (Å²) < 4.78 is 0. The molecule has 3 aromatic carbocycles. The molecule has 4 nitrogen and oxygen atoms in total. The van der Waals surface area contributed by atoms with Crippen molar-refractivity contribution in [3.05, 3.63) is 107 Å². The van der Waals surface area contributed by atoms with Gasteiger partial charge in [0.15, 0.2) is 11.5 Å². The second-order valence-corrected chi connectivity index (χ2v) is 6.23. The first-order valence-corrected chi connectivity index (χ1v) is 8.63. The monoisotopic (exact) mass is 356 g/mol. The second-order valence-electron chi connectivity index (χ2n) is 6.23. The number of hydrogen-bond acceptors (Lipinski definition) is 4. The molecule has 134 valence electrons. The highest BCUT2D eigenvalue weighted by atomic mass is 16.3. The Hall–Kier alpha value is -3.53. The smallest absolute Gasteiger partial charge is 0.217 e. The molecule has 0 aromatic heterocycles. The maximum Gasteiger partial charge on any atom is 0.217 e. The molecule has 4 heteroatoms. The van der Waals surface area contributed by atoms with E-state index in [9.17, 15) is 9.90 Å². The van der Waals surface area contributed by atoms with E-state index in [2.05, 4.69) is 10.2 Å². The Balaban J connectivity index is 2.06. The highest BCUT2D eigenvalue weighted by Crippen LogP contribution is 2.24. The summed E-state index contributed by atoms with van der Waals surface area (Å²) in [5.41, 5.74) is 3.71. The second kappa shape index (κ2) is 8.23. The molecule has 0 aliphatic carbocycles. The standard InChI is InChI=1S/C23H20N2O2/c1-16-13-14-20(15-17(16)2)24-25-21(22(26)18-9-5-3-6-10-18)23(27)19-11-7-4-8-12-19/h3-15,26H,1-2H3/b22-21+,25-24?. The summed E-state index contributed by atoms with van der Waals surface area (Å²) >= 11 is 0. The molecule has 0 atom stereocenters. The van der Waals surface area contributed by atoms with Crippen molar-refractivity contribution in [3.63, 3.8) is 0 Å². The molecule has 0 spiro atoms. The van der Waals surface area contributed by atoms with Crippen LogP contribution in [0.1, 0.15) is 27.0 Å². The van der Waals surface area contributed by atoms with Crippen molar-refractivity contribution in [2.75, 3.05) is 0 Å². The zero-order valence-electron chi connectivity index (χ0n) is 15.3. The molecule has 0 saturated carbocycles. The van der Waals surface area contributed by atoms with Crippen LogP contribution in [-0.4, -0.2) is 10.9 Å². The SMILES string of the molecule is Cc1ccc(N=N/C(C(=O)c2ccccc2)=C(/O)c2ccccc2)cc1C. The molecule has 0 amide bonds. The average molecular weight is 356 g/mol.